The van der Waals surface area contributed by atoms with Crippen molar-refractivity contribution in [2.24, 2.45) is 0 Å². The fourth-order valence-corrected chi connectivity index (χ4v) is 2.81. The van der Waals surface area contributed by atoms with E-state index in [1.54, 1.807) is 0 Å². The van der Waals surface area contributed by atoms with Crippen LogP contribution < -0.4 is 0 Å². The topological polar surface area (TPSA) is 112 Å². The summed E-state index contributed by atoms with van der Waals surface area (Å²) in [6.45, 7) is 0.219. The SMILES string of the molecule is O=[PH](O)OC1COC2C1OC[C@H]2O[PH](=O)O. The first-order valence-corrected chi connectivity index (χ1v) is 7.13. The van der Waals surface area contributed by atoms with Crippen LogP contribution in [0.2, 0.25) is 0 Å². The van der Waals surface area contributed by atoms with Crippen LogP contribution in [0.1, 0.15) is 0 Å². The van der Waals surface area contributed by atoms with Crippen LogP contribution in [0.25, 0.3) is 0 Å². The van der Waals surface area contributed by atoms with Crippen molar-refractivity contribution in [2.75, 3.05) is 13.2 Å². The van der Waals surface area contributed by atoms with Gasteiger partial charge in [0.15, 0.2) is 0 Å². The molecule has 2 aliphatic rings. The Kier molecular flexibility index (Phi) is 4.15. The van der Waals surface area contributed by atoms with Gasteiger partial charge in [0, 0.05) is 0 Å². The van der Waals surface area contributed by atoms with Crippen LogP contribution in [0.5, 0.6) is 0 Å². The van der Waals surface area contributed by atoms with E-state index in [2.05, 4.69) is 0 Å². The van der Waals surface area contributed by atoms with E-state index in [1.807, 2.05) is 0 Å². The molecule has 6 atom stereocenters. The first-order valence-electron chi connectivity index (χ1n) is 4.60. The van der Waals surface area contributed by atoms with Gasteiger partial charge < -0.3 is 28.3 Å². The second kappa shape index (κ2) is 5.25. The Labute approximate surface area is 92.4 Å². The molecule has 94 valence electrons. The second-order valence-electron chi connectivity index (χ2n) is 3.44. The van der Waals surface area contributed by atoms with E-state index in [-0.39, 0.29) is 13.2 Å². The van der Waals surface area contributed by atoms with Crippen molar-refractivity contribution in [2.45, 2.75) is 24.4 Å². The quantitative estimate of drug-likeness (QED) is 0.648. The Morgan fingerprint density at radius 1 is 0.938 bits per heavy atom. The molecule has 2 fully saturated rings. The minimum atomic E-state index is -3.05. The van der Waals surface area contributed by atoms with Crippen molar-refractivity contribution < 1.29 is 37.4 Å². The molecule has 10 heteroatoms. The lowest BCUT2D eigenvalue weighted by Crippen LogP contribution is -2.32. The summed E-state index contributed by atoms with van der Waals surface area (Å²) in [7, 11) is -6.10. The van der Waals surface area contributed by atoms with E-state index in [1.165, 1.54) is 0 Å². The molecule has 0 spiro atoms. The average molecular weight is 274 g/mol. The van der Waals surface area contributed by atoms with Gasteiger partial charge in [0.1, 0.15) is 24.4 Å². The first-order chi connectivity index (χ1) is 7.58. The zero-order valence-corrected chi connectivity index (χ0v) is 10.1. The number of rotatable bonds is 4. The predicted octanol–water partition coefficient (Wildman–Crippen LogP) is -0.682. The number of fused-ring (bicyclic) bond motifs is 1. The smallest absolute Gasteiger partial charge is 0.317 e. The van der Waals surface area contributed by atoms with Gasteiger partial charge in [-0.1, -0.05) is 0 Å². The molecule has 0 amide bonds. The summed E-state index contributed by atoms with van der Waals surface area (Å²) >= 11 is 0. The Morgan fingerprint density at radius 3 is 1.62 bits per heavy atom. The molecule has 0 bridgehead atoms. The number of ether oxygens (including phenoxy) is 2. The summed E-state index contributed by atoms with van der Waals surface area (Å²) in [6.07, 6.45) is -2.30. The maximum Gasteiger partial charge on any atom is 0.317 e. The van der Waals surface area contributed by atoms with Gasteiger partial charge in [-0.3, -0.25) is 9.13 Å². The molecule has 16 heavy (non-hydrogen) atoms. The molecule has 2 rings (SSSR count). The van der Waals surface area contributed by atoms with Crippen LogP contribution in [0.15, 0.2) is 0 Å². The van der Waals surface area contributed by atoms with Gasteiger partial charge >= 0.3 is 16.5 Å². The highest BCUT2D eigenvalue weighted by molar-refractivity contribution is 7.32. The third kappa shape index (κ3) is 2.72. The fourth-order valence-electron chi connectivity index (χ4n) is 1.89. The molecule has 2 heterocycles. The molecular weight excluding hydrogens is 262 g/mol. The predicted molar refractivity (Wildman–Crippen MR) is 51.7 cm³/mol. The molecule has 0 aliphatic carbocycles. The molecule has 0 saturated carbocycles. The maximum absolute atomic E-state index is 10.5. The highest BCUT2D eigenvalue weighted by Crippen LogP contribution is 2.36. The lowest BCUT2D eigenvalue weighted by molar-refractivity contribution is 0.0166. The molecule has 8 nitrogen and oxygen atoms in total. The van der Waals surface area contributed by atoms with Crippen molar-refractivity contribution in [3.8, 4) is 0 Å². The molecular formula is C6H12O8P2. The Balaban J connectivity index is 1.95. The standard InChI is InChI=1S/C6H12O8P2/c7-15(8)13-3-1-11-6-4(14-16(9)10)2-12-5(3)6/h3-6,15-16H,1-2H2,(H,7,8)(H,9,10)/t3-,4?,5?,6?/m1/s1. The first kappa shape index (κ1) is 12.7. The molecule has 2 N–H and O–H groups in total. The van der Waals surface area contributed by atoms with Crippen LogP contribution in [-0.2, 0) is 27.7 Å². The number of hydrogen-bond donors (Lipinski definition) is 2. The van der Waals surface area contributed by atoms with Gasteiger partial charge in [-0.05, 0) is 0 Å². The van der Waals surface area contributed by atoms with Gasteiger partial charge in [-0.2, -0.15) is 0 Å². The van der Waals surface area contributed by atoms with E-state index >= 15 is 0 Å². The highest BCUT2D eigenvalue weighted by atomic mass is 31.1. The van der Waals surface area contributed by atoms with E-state index < -0.39 is 40.9 Å². The largest absolute Gasteiger partial charge is 0.370 e. The van der Waals surface area contributed by atoms with Gasteiger partial charge in [0.05, 0.1) is 13.2 Å². The molecule has 0 aromatic rings. The lowest BCUT2D eigenvalue weighted by Gasteiger charge is -2.15. The molecule has 0 radical (unpaired) electrons. The van der Waals surface area contributed by atoms with Gasteiger partial charge in [0.25, 0.3) is 0 Å². The van der Waals surface area contributed by atoms with Crippen LogP contribution in [0.4, 0.5) is 0 Å². The van der Waals surface area contributed by atoms with Crippen LogP contribution in [0.3, 0.4) is 0 Å². The summed E-state index contributed by atoms with van der Waals surface area (Å²) in [5.74, 6) is 0. The zero-order valence-electron chi connectivity index (χ0n) is 8.07. The van der Waals surface area contributed by atoms with Gasteiger partial charge in [-0.15, -0.1) is 0 Å². The summed E-state index contributed by atoms with van der Waals surface area (Å²) in [5, 5.41) is 0. The third-order valence-electron chi connectivity index (χ3n) is 2.47. The Hall–Kier alpha value is 0.220. The Bertz CT molecular complexity index is 279. The van der Waals surface area contributed by atoms with Crippen molar-refractivity contribution in [3.05, 3.63) is 0 Å². The minimum Gasteiger partial charge on any atom is -0.370 e. The van der Waals surface area contributed by atoms with Gasteiger partial charge in [0.2, 0.25) is 0 Å². The normalized spacial score (nSPS) is 41.9. The summed E-state index contributed by atoms with van der Waals surface area (Å²) < 4.78 is 41.1. The number of hydrogen-bond acceptors (Lipinski definition) is 6. The molecule has 0 aromatic carbocycles. The second-order valence-corrected chi connectivity index (χ2v) is 4.98. The van der Waals surface area contributed by atoms with E-state index in [0.717, 1.165) is 0 Å². The molecule has 2 aliphatic heterocycles. The van der Waals surface area contributed by atoms with Crippen molar-refractivity contribution in [1.82, 2.24) is 0 Å². The van der Waals surface area contributed by atoms with Crippen LogP contribution >= 0.6 is 16.5 Å². The van der Waals surface area contributed by atoms with Crippen LogP contribution in [-0.4, -0.2) is 47.4 Å². The van der Waals surface area contributed by atoms with E-state index in [9.17, 15) is 9.13 Å². The van der Waals surface area contributed by atoms with Gasteiger partial charge in [-0.25, -0.2) is 0 Å². The fraction of sp³-hybridized carbons (Fsp3) is 1.00. The summed E-state index contributed by atoms with van der Waals surface area (Å²) in [6, 6.07) is 0. The minimum absolute atomic E-state index is 0.110. The maximum atomic E-state index is 10.5. The molecule has 5 unspecified atom stereocenters. The zero-order chi connectivity index (χ0) is 11.7. The molecule has 2 saturated heterocycles. The average Bonchev–Trinajstić information content (AvgIpc) is 2.70. The lowest BCUT2D eigenvalue weighted by atomic mass is 10.1. The Morgan fingerprint density at radius 2 is 1.31 bits per heavy atom. The van der Waals surface area contributed by atoms with Crippen LogP contribution in [0, 0.1) is 0 Å². The third-order valence-corrected chi connectivity index (χ3v) is 3.48. The summed E-state index contributed by atoms with van der Waals surface area (Å²) in [5.41, 5.74) is 0. The van der Waals surface area contributed by atoms with Crippen molar-refractivity contribution >= 4 is 16.5 Å². The highest BCUT2D eigenvalue weighted by Gasteiger charge is 2.49. The van der Waals surface area contributed by atoms with E-state index in [4.69, 9.17) is 28.3 Å². The van der Waals surface area contributed by atoms with Crippen molar-refractivity contribution in [3.63, 3.8) is 0 Å². The monoisotopic (exact) mass is 274 g/mol. The summed E-state index contributed by atoms with van der Waals surface area (Å²) in [4.78, 5) is 17.3. The molecule has 0 aromatic heterocycles. The van der Waals surface area contributed by atoms with Crippen molar-refractivity contribution in [1.29, 1.82) is 0 Å². The van der Waals surface area contributed by atoms with E-state index in [0.29, 0.717) is 0 Å².